The van der Waals surface area contributed by atoms with Gasteiger partial charge >= 0.3 is 0 Å². The van der Waals surface area contributed by atoms with Gasteiger partial charge in [0.15, 0.2) is 0 Å². The molecule has 6 heteroatoms. The van der Waals surface area contributed by atoms with Gasteiger partial charge < -0.3 is 15.1 Å². The van der Waals surface area contributed by atoms with Crippen LogP contribution in [0.4, 0.5) is 22.9 Å². The van der Waals surface area contributed by atoms with Crippen LogP contribution in [-0.2, 0) is 18.4 Å². The SMILES string of the molecule is Cc1cccc(N2CCC(C(=O)N3Cc4cnn(C)c4Nc4cc(C)ccc43)CC2)c1. The van der Waals surface area contributed by atoms with E-state index < -0.39 is 0 Å². The summed E-state index contributed by atoms with van der Waals surface area (Å²) >= 11 is 0. The van der Waals surface area contributed by atoms with Crippen molar-refractivity contribution in [3.8, 4) is 0 Å². The number of nitrogens with one attached hydrogen (secondary N) is 1. The number of aryl methyl sites for hydroxylation is 3. The van der Waals surface area contributed by atoms with Crippen LogP contribution in [-0.4, -0.2) is 28.8 Å². The summed E-state index contributed by atoms with van der Waals surface area (Å²) in [4.78, 5) is 18.1. The van der Waals surface area contributed by atoms with Gasteiger partial charge in [0.2, 0.25) is 5.91 Å². The van der Waals surface area contributed by atoms with E-state index in [4.69, 9.17) is 0 Å². The molecule has 1 saturated heterocycles. The number of rotatable bonds is 2. The molecule has 0 bridgehead atoms. The molecule has 3 aromatic rings. The van der Waals surface area contributed by atoms with E-state index in [1.165, 1.54) is 11.3 Å². The van der Waals surface area contributed by atoms with Crippen LogP contribution in [0.15, 0.2) is 48.7 Å². The Morgan fingerprint density at radius 2 is 1.84 bits per heavy atom. The van der Waals surface area contributed by atoms with Crippen LogP contribution in [0.5, 0.6) is 0 Å². The first-order chi connectivity index (χ1) is 15.0. The molecule has 1 fully saturated rings. The van der Waals surface area contributed by atoms with Crippen molar-refractivity contribution in [2.45, 2.75) is 33.2 Å². The molecular weight excluding hydrogens is 386 g/mol. The summed E-state index contributed by atoms with van der Waals surface area (Å²) in [7, 11) is 1.93. The summed E-state index contributed by atoms with van der Waals surface area (Å²) in [6.45, 7) is 6.56. The van der Waals surface area contributed by atoms with Crippen LogP contribution in [0.3, 0.4) is 0 Å². The molecule has 1 amide bonds. The van der Waals surface area contributed by atoms with Crippen molar-refractivity contribution < 1.29 is 4.79 Å². The molecule has 31 heavy (non-hydrogen) atoms. The molecular formula is C25H29N5O. The lowest BCUT2D eigenvalue weighted by Crippen LogP contribution is -2.42. The monoisotopic (exact) mass is 415 g/mol. The third kappa shape index (κ3) is 3.67. The maximum Gasteiger partial charge on any atom is 0.230 e. The molecule has 2 aliphatic heterocycles. The van der Waals surface area contributed by atoms with Crippen LogP contribution < -0.4 is 15.1 Å². The third-order valence-electron chi connectivity index (χ3n) is 6.52. The number of anilines is 4. The smallest absolute Gasteiger partial charge is 0.230 e. The number of carbonyl (C=O) groups excluding carboxylic acids is 1. The minimum absolute atomic E-state index is 0.0356. The second-order valence-electron chi connectivity index (χ2n) is 8.81. The highest BCUT2D eigenvalue weighted by Gasteiger charge is 2.32. The number of aromatic nitrogens is 2. The number of piperidine rings is 1. The Balaban J connectivity index is 1.39. The highest BCUT2D eigenvalue weighted by molar-refractivity contribution is 5.99. The number of nitrogens with zero attached hydrogens (tertiary/aromatic N) is 4. The second kappa shape index (κ2) is 7.76. The van der Waals surface area contributed by atoms with Crippen LogP contribution >= 0.6 is 0 Å². The Morgan fingerprint density at radius 3 is 2.61 bits per heavy atom. The Kier molecular flexibility index (Phi) is 4.93. The van der Waals surface area contributed by atoms with Crippen LogP contribution in [0.2, 0.25) is 0 Å². The fraction of sp³-hybridized carbons (Fsp3) is 0.360. The standard InChI is InChI=1S/C25H29N5O/c1-17-5-4-6-21(13-17)29-11-9-19(10-12-29)25(31)30-16-20-15-26-28(3)24(20)27-22-14-18(2)7-8-23(22)30/h4-8,13-15,19,27H,9-12,16H2,1-3H3. The number of benzene rings is 2. The van der Waals surface area contributed by atoms with Gasteiger partial charge in [0, 0.05) is 37.3 Å². The van der Waals surface area contributed by atoms with Crippen molar-refractivity contribution in [3.63, 3.8) is 0 Å². The van der Waals surface area contributed by atoms with E-state index in [9.17, 15) is 4.79 Å². The van der Waals surface area contributed by atoms with E-state index in [0.717, 1.165) is 54.3 Å². The number of hydrogen-bond donors (Lipinski definition) is 1. The average Bonchev–Trinajstić information content (AvgIpc) is 3.02. The molecule has 0 radical (unpaired) electrons. The van der Waals surface area contributed by atoms with Gasteiger partial charge in [0.25, 0.3) is 0 Å². The van der Waals surface area contributed by atoms with Crippen molar-refractivity contribution in [1.29, 1.82) is 0 Å². The maximum absolute atomic E-state index is 13.7. The van der Waals surface area contributed by atoms with Crippen molar-refractivity contribution in [3.05, 3.63) is 65.4 Å². The largest absolute Gasteiger partial charge is 0.371 e. The van der Waals surface area contributed by atoms with Crippen molar-refractivity contribution in [2.75, 3.05) is 28.2 Å². The zero-order chi connectivity index (χ0) is 21.5. The lowest BCUT2D eigenvalue weighted by molar-refractivity contribution is -0.123. The molecule has 0 saturated carbocycles. The molecule has 160 valence electrons. The van der Waals surface area contributed by atoms with Crippen LogP contribution in [0.25, 0.3) is 0 Å². The highest BCUT2D eigenvalue weighted by Crippen LogP contribution is 2.38. The molecule has 2 aromatic carbocycles. The van der Waals surface area contributed by atoms with Crippen LogP contribution in [0.1, 0.15) is 29.5 Å². The van der Waals surface area contributed by atoms with Gasteiger partial charge in [-0.05, 0) is 62.1 Å². The highest BCUT2D eigenvalue weighted by atomic mass is 16.2. The Labute approximate surface area is 183 Å². The van der Waals surface area contributed by atoms with Gasteiger partial charge in [-0.3, -0.25) is 9.48 Å². The maximum atomic E-state index is 13.7. The summed E-state index contributed by atoms with van der Waals surface area (Å²) < 4.78 is 1.84. The van der Waals surface area contributed by atoms with Gasteiger partial charge in [-0.15, -0.1) is 0 Å². The van der Waals surface area contributed by atoms with E-state index in [-0.39, 0.29) is 11.8 Å². The van der Waals surface area contributed by atoms with E-state index in [1.54, 1.807) is 0 Å². The predicted molar refractivity (Wildman–Crippen MR) is 125 cm³/mol. The lowest BCUT2D eigenvalue weighted by Gasteiger charge is -2.35. The van der Waals surface area contributed by atoms with Crippen molar-refractivity contribution in [2.24, 2.45) is 13.0 Å². The Morgan fingerprint density at radius 1 is 1.06 bits per heavy atom. The summed E-state index contributed by atoms with van der Waals surface area (Å²) in [6, 6.07) is 14.9. The molecule has 5 rings (SSSR count). The third-order valence-corrected chi connectivity index (χ3v) is 6.52. The predicted octanol–water partition coefficient (Wildman–Crippen LogP) is 4.54. The number of hydrogen-bond acceptors (Lipinski definition) is 4. The van der Waals surface area contributed by atoms with E-state index in [0.29, 0.717) is 6.54 Å². The molecule has 3 heterocycles. The first kappa shape index (κ1) is 19.7. The summed E-state index contributed by atoms with van der Waals surface area (Å²) in [5.74, 6) is 1.21. The molecule has 1 N–H and O–H groups in total. The van der Waals surface area contributed by atoms with Crippen LogP contribution in [0, 0.1) is 19.8 Å². The van der Waals surface area contributed by atoms with Gasteiger partial charge in [-0.1, -0.05) is 18.2 Å². The fourth-order valence-electron chi connectivity index (χ4n) is 4.75. The lowest BCUT2D eigenvalue weighted by atomic mass is 9.94. The summed E-state index contributed by atoms with van der Waals surface area (Å²) in [5, 5.41) is 7.91. The molecule has 0 atom stereocenters. The number of carbonyl (C=O) groups is 1. The molecule has 2 aliphatic rings. The number of amides is 1. The molecule has 0 unspecified atom stereocenters. The van der Waals surface area contributed by atoms with Gasteiger partial charge in [-0.2, -0.15) is 5.10 Å². The first-order valence-corrected chi connectivity index (χ1v) is 11.0. The molecule has 6 nitrogen and oxygen atoms in total. The first-order valence-electron chi connectivity index (χ1n) is 11.0. The van der Waals surface area contributed by atoms with E-state index >= 15 is 0 Å². The van der Waals surface area contributed by atoms with E-state index in [2.05, 4.69) is 71.6 Å². The Hall–Kier alpha value is -3.28. The molecule has 1 aromatic heterocycles. The quantitative estimate of drug-likeness (QED) is 0.667. The minimum Gasteiger partial charge on any atom is -0.371 e. The van der Waals surface area contributed by atoms with Gasteiger partial charge in [0.05, 0.1) is 24.1 Å². The van der Waals surface area contributed by atoms with Gasteiger partial charge in [-0.25, -0.2) is 0 Å². The zero-order valence-electron chi connectivity index (χ0n) is 18.4. The minimum atomic E-state index is 0.0356. The normalized spacial score (nSPS) is 16.4. The Bertz CT molecular complexity index is 1130. The number of fused-ring (bicyclic) bond motifs is 2. The molecule has 0 aliphatic carbocycles. The van der Waals surface area contributed by atoms with E-state index in [1.807, 2.05) is 22.8 Å². The second-order valence-corrected chi connectivity index (χ2v) is 8.81. The summed E-state index contributed by atoms with van der Waals surface area (Å²) in [6.07, 6.45) is 3.61. The summed E-state index contributed by atoms with van der Waals surface area (Å²) in [5.41, 5.74) is 6.65. The van der Waals surface area contributed by atoms with Crippen molar-refractivity contribution in [1.82, 2.24) is 9.78 Å². The average molecular weight is 416 g/mol. The molecule has 0 spiro atoms. The van der Waals surface area contributed by atoms with Gasteiger partial charge in [0.1, 0.15) is 5.82 Å². The fourth-order valence-corrected chi connectivity index (χ4v) is 4.75. The van der Waals surface area contributed by atoms with Crippen molar-refractivity contribution >= 4 is 28.8 Å². The zero-order valence-corrected chi connectivity index (χ0v) is 18.4. The topological polar surface area (TPSA) is 53.4 Å².